The van der Waals surface area contributed by atoms with Crippen LogP contribution in [0.1, 0.15) is 21.5 Å². The zero-order valence-corrected chi connectivity index (χ0v) is 11.0. The SMILES string of the molecule is Cc1ccncc1C(=O)c1cnn(-c2ccccc2)c1. The maximum Gasteiger partial charge on any atom is 0.198 e. The molecular formula is C16H13N3O. The molecule has 0 aliphatic rings. The molecule has 3 aromatic rings. The summed E-state index contributed by atoms with van der Waals surface area (Å²) in [5, 5.41) is 4.24. The quantitative estimate of drug-likeness (QED) is 0.683. The van der Waals surface area contributed by atoms with Gasteiger partial charge in [-0.1, -0.05) is 18.2 Å². The van der Waals surface area contributed by atoms with Gasteiger partial charge in [-0.15, -0.1) is 0 Å². The van der Waals surface area contributed by atoms with Crippen LogP contribution in [0.4, 0.5) is 0 Å². The molecule has 2 heterocycles. The number of hydrogen-bond acceptors (Lipinski definition) is 3. The minimum atomic E-state index is -0.0576. The van der Waals surface area contributed by atoms with Crippen molar-refractivity contribution < 1.29 is 4.79 Å². The van der Waals surface area contributed by atoms with Gasteiger partial charge in [0.1, 0.15) is 0 Å². The minimum Gasteiger partial charge on any atom is -0.288 e. The van der Waals surface area contributed by atoms with Crippen LogP contribution in [0.5, 0.6) is 0 Å². The number of hydrogen-bond donors (Lipinski definition) is 0. The van der Waals surface area contributed by atoms with Crippen LogP contribution in [-0.2, 0) is 0 Å². The molecule has 0 aliphatic carbocycles. The third-order valence-corrected chi connectivity index (χ3v) is 3.15. The second-order valence-corrected chi connectivity index (χ2v) is 4.53. The van der Waals surface area contributed by atoms with Gasteiger partial charge in [0.15, 0.2) is 5.78 Å². The van der Waals surface area contributed by atoms with Crippen molar-refractivity contribution in [2.24, 2.45) is 0 Å². The molecule has 20 heavy (non-hydrogen) atoms. The summed E-state index contributed by atoms with van der Waals surface area (Å²) in [6.07, 6.45) is 6.60. The van der Waals surface area contributed by atoms with Crippen LogP contribution >= 0.6 is 0 Å². The summed E-state index contributed by atoms with van der Waals surface area (Å²) in [4.78, 5) is 16.4. The van der Waals surface area contributed by atoms with E-state index < -0.39 is 0 Å². The van der Waals surface area contributed by atoms with Crippen molar-refractivity contribution in [2.45, 2.75) is 6.92 Å². The highest BCUT2D eigenvalue weighted by Gasteiger charge is 2.14. The summed E-state index contributed by atoms with van der Waals surface area (Å²) >= 11 is 0. The van der Waals surface area contributed by atoms with Crippen molar-refractivity contribution in [1.29, 1.82) is 0 Å². The molecule has 0 saturated carbocycles. The number of nitrogens with zero attached hydrogens (tertiary/aromatic N) is 3. The minimum absolute atomic E-state index is 0.0576. The normalized spacial score (nSPS) is 10.4. The number of rotatable bonds is 3. The average Bonchev–Trinajstić information content (AvgIpc) is 2.98. The maximum absolute atomic E-state index is 12.4. The van der Waals surface area contributed by atoms with Gasteiger partial charge in [-0.3, -0.25) is 9.78 Å². The monoisotopic (exact) mass is 263 g/mol. The molecule has 0 amide bonds. The lowest BCUT2D eigenvalue weighted by atomic mass is 10.0. The molecule has 0 saturated heterocycles. The first-order valence-corrected chi connectivity index (χ1v) is 6.31. The number of pyridine rings is 1. The molecule has 0 unspecified atom stereocenters. The second-order valence-electron chi connectivity index (χ2n) is 4.53. The van der Waals surface area contributed by atoms with E-state index in [2.05, 4.69) is 10.1 Å². The molecule has 0 spiro atoms. The van der Waals surface area contributed by atoms with Gasteiger partial charge in [-0.2, -0.15) is 5.10 Å². The molecule has 0 radical (unpaired) electrons. The van der Waals surface area contributed by atoms with Gasteiger partial charge >= 0.3 is 0 Å². The van der Waals surface area contributed by atoms with Crippen molar-refractivity contribution in [3.8, 4) is 5.69 Å². The smallest absolute Gasteiger partial charge is 0.198 e. The third kappa shape index (κ3) is 2.23. The highest BCUT2D eigenvalue weighted by Crippen LogP contribution is 2.14. The molecule has 0 atom stereocenters. The fraction of sp³-hybridized carbons (Fsp3) is 0.0625. The Kier molecular flexibility index (Phi) is 3.13. The Morgan fingerprint density at radius 1 is 1.10 bits per heavy atom. The molecule has 0 aliphatic heterocycles. The van der Waals surface area contributed by atoms with Gasteiger partial charge in [0.05, 0.1) is 17.4 Å². The van der Waals surface area contributed by atoms with Gasteiger partial charge < -0.3 is 0 Å². The number of aromatic nitrogens is 3. The first-order chi connectivity index (χ1) is 9.75. The van der Waals surface area contributed by atoms with E-state index in [4.69, 9.17) is 0 Å². The Morgan fingerprint density at radius 2 is 1.90 bits per heavy atom. The van der Waals surface area contributed by atoms with Crippen LogP contribution in [0.3, 0.4) is 0 Å². The van der Waals surface area contributed by atoms with E-state index in [0.29, 0.717) is 11.1 Å². The van der Waals surface area contributed by atoms with E-state index in [0.717, 1.165) is 11.3 Å². The van der Waals surface area contributed by atoms with E-state index in [1.54, 1.807) is 29.5 Å². The second kappa shape index (κ2) is 5.09. The van der Waals surface area contributed by atoms with Crippen LogP contribution in [0.25, 0.3) is 5.69 Å². The van der Waals surface area contributed by atoms with E-state index in [-0.39, 0.29) is 5.78 Å². The molecule has 98 valence electrons. The molecular weight excluding hydrogens is 250 g/mol. The molecule has 0 bridgehead atoms. The van der Waals surface area contributed by atoms with E-state index in [9.17, 15) is 4.79 Å². The van der Waals surface area contributed by atoms with Crippen LogP contribution in [-0.4, -0.2) is 20.5 Å². The summed E-state index contributed by atoms with van der Waals surface area (Å²) in [6.45, 7) is 1.90. The van der Waals surface area contributed by atoms with E-state index in [1.165, 1.54) is 0 Å². The largest absolute Gasteiger partial charge is 0.288 e. The fourth-order valence-corrected chi connectivity index (χ4v) is 2.02. The van der Waals surface area contributed by atoms with Crippen LogP contribution in [0.2, 0.25) is 0 Å². The Balaban J connectivity index is 1.95. The molecule has 2 aromatic heterocycles. The average molecular weight is 263 g/mol. The lowest BCUT2D eigenvalue weighted by molar-refractivity contribution is 0.103. The number of ketones is 1. The molecule has 0 fully saturated rings. The van der Waals surface area contributed by atoms with Gasteiger partial charge in [-0.25, -0.2) is 4.68 Å². The summed E-state index contributed by atoms with van der Waals surface area (Å²) in [5.74, 6) is -0.0576. The molecule has 0 N–H and O–H groups in total. The number of para-hydroxylation sites is 1. The van der Waals surface area contributed by atoms with Crippen molar-refractivity contribution >= 4 is 5.78 Å². The van der Waals surface area contributed by atoms with Crippen molar-refractivity contribution in [3.05, 3.63) is 77.9 Å². The van der Waals surface area contributed by atoms with Gasteiger partial charge in [-0.05, 0) is 30.7 Å². The molecule has 1 aromatic carbocycles. The molecule has 4 heteroatoms. The Morgan fingerprint density at radius 3 is 2.65 bits per heavy atom. The zero-order valence-electron chi connectivity index (χ0n) is 11.0. The number of benzene rings is 1. The highest BCUT2D eigenvalue weighted by atomic mass is 16.1. The lowest BCUT2D eigenvalue weighted by Crippen LogP contribution is -2.03. The predicted molar refractivity (Wildman–Crippen MR) is 76.0 cm³/mol. The Hall–Kier alpha value is -2.75. The Bertz CT molecular complexity index is 747. The first-order valence-electron chi connectivity index (χ1n) is 6.31. The summed E-state index contributed by atoms with van der Waals surface area (Å²) in [7, 11) is 0. The van der Waals surface area contributed by atoms with Crippen LogP contribution in [0.15, 0.2) is 61.2 Å². The highest BCUT2D eigenvalue weighted by molar-refractivity contribution is 6.09. The first kappa shape index (κ1) is 12.3. The number of carbonyl (C=O) groups is 1. The molecule has 4 nitrogen and oxygen atoms in total. The van der Waals surface area contributed by atoms with Gasteiger partial charge in [0.25, 0.3) is 0 Å². The standard InChI is InChI=1S/C16H13N3O/c1-12-7-8-17-10-15(12)16(20)13-9-18-19(11-13)14-5-3-2-4-6-14/h2-11H,1H3. The molecule has 3 rings (SSSR count). The number of carbonyl (C=O) groups excluding carboxylic acids is 1. The van der Waals surface area contributed by atoms with Crippen LogP contribution in [0, 0.1) is 6.92 Å². The predicted octanol–water partition coefficient (Wildman–Crippen LogP) is 2.81. The van der Waals surface area contributed by atoms with Crippen molar-refractivity contribution in [1.82, 2.24) is 14.8 Å². The fourth-order valence-electron chi connectivity index (χ4n) is 2.02. The third-order valence-electron chi connectivity index (χ3n) is 3.15. The van der Waals surface area contributed by atoms with E-state index >= 15 is 0 Å². The van der Waals surface area contributed by atoms with E-state index in [1.807, 2.05) is 43.3 Å². The Labute approximate surface area is 116 Å². The lowest BCUT2D eigenvalue weighted by Gasteiger charge is -2.01. The summed E-state index contributed by atoms with van der Waals surface area (Å²) in [6, 6.07) is 11.5. The van der Waals surface area contributed by atoms with Gasteiger partial charge in [0.2, 0.25) is 0 Å². The summed E-state index contributed by atoms with van der Waals surface area (Å²) in [5.41, 5.74) is 3.01. The number of aryl methyl sites for hydroxylation is 1. The van der Waals surface area contributed by atoms with Crippen LogP contribution < -0.4 is 0 Å². The summed E-state index contributed by atoms with van der Waals surface area (Å²) < 4.78 is 1.69. The maximum atomic E-state index is 12.4. The van der Waals surface area contributed by atoms with Crippen molar-refractivity contribution in [2.75, 3.05) is 0 Å². The van der Waals surface area contributed by atoms with Gasteiger partial charge in [0, 0.05) is 24.2 Å². The zero-order chi connectivity index (χ0) is 13.9. The van der Waals surface area contributed by atoms with Crippen molar-refractivity contribution in [3.63, 3.8) is 0 Å². The topological polar surface area (TPSA) is 47.8 Å².